The fraction of sp³-hybridized carbons (Fsp3) is 0.846. The average molecular weight is 240 g/mol. The number of rotatable bonds is 2. The Bertz CT molecular complexity index is 280. The van der Waals surface area contributed by atoms with Gasteiger partial charge >= 0.3 is 0 Å². The van der Waals surface area contributed by atoms with Gasteiger partial charge in [-0.25, -0.2) is 0 Å². The first kappa shape index (κ1) is 12.0. The van der Waals surface area contributed by atoms with Crippen LogP contribution in [0.1, 0.15) is 32.6 Å². The summed E-state index contributed by atoms with van der Waals surface area (Å²) in [6.07, 6.45) is 7.96. The summed E-state index contributed by atoms with van der Waals surface area (Å²) in [6, 6.07) is 0. The van der Waals surface area contributed by atoms with Crippen molar-refractivity contribution in [1.82, 2.24) is 0 Å². The normalized spacial score (nSPS) is 34.8. The van der Waals surface area contributed by atoms with Gasteiger partial charge in [0, 0.05) is 5.92 Å². The van der Waals surface area contributed by atoms with E-state index in [2.05, 4.69) is 32.6 Å². The molecule has 0 N–H and O–H groups in total. The molecule has 0 aromatic heterocycles. The third-order valence-electron chi connectivity index (χ3n) is 3.54. The molecule has 0 radical (unpaired) electrons. The van der Waals surface area contributed by atoms with Crippen molar-refractivity contribution < 1.29 is 9.16 Å². The van der Waals surface area contributed by atoms with Gasteiger partial charge in [0.15, 0.2) is 0 Å². The van der Waals surface area contributed by atoms with Gasteiger partial charge < -0.3 is 9.16 Å². The molecule has 3 atom stereocenters. The van der Waals surface area contributed by atoms with Crippen LogP contribution in [-0.4, -0.2) is 14.4 Å². The van der Waals surface area contributed by atoms with Gasteiger partial charge in [0.05, 0.1) is 0 Å². The molecule has 1 aliphatic heterocycles. The number of ether oxygens (including phenoxy) is 1. The Labute approximate surface area is 100 Å². The van der Waals surface area contributed by atoms with Crippen LogP contribution < -0.4 is 0 Å². The summed E-state index contributed by atoms with van der Waals surface area (Å²) in [5, 5.41) is 0. The molecular formula is C13H24O2Si. The summed E-state index contributed by atoms with van der Waals surface area (Å²) in [4.78, 5) is 0. The lowest BCUT2D eigenvalue weighted by molar-refractivity contribution is -0.0288. The molecule has 1 aliphatic carbocycles. The molecule has 16 heavy (non-hydrogen) atoms. The van der Waals surface area contributed by atoms with Crippen LogP contribution in [0.4, 0.5) is 0 Å². The van der Waals surface area contributed by atoms with Gasteiger partial charge in [0.1, 0.15) is 6.10 Å². The van der Waals surface area contributed by atoms with Gasteiger partial charge in [-0.15, -0.1) is 0 Å². The van der Waals surface area contributed by atoms with Crippen molar-refractivity contribution in [2.45, 2.75) is 58.4 Å². The zero-order chi connectivity index (χ0) is 11.8. The van der Waals surface area contributed by atoms with Crippen LogP contribution in [0.5, 0.6) is 0 Å². The van der Waals surface area contributed by atoms with Crippen molar-refractivity contribution in [2.24, 2.45) is 11.8 Å². The molecule has 0 aromatic rings. The highest BCUT2D eigenvalue weighted by atomic mass is 28.4. The predicted octanol–water partition coefficient (Wildman–Crippen LogP) is 3.90. The Morgan fingerprint density at radius 3 is 2.62 bits per heavy atom. The first-order chi connectivity index (χ1) is 7.46. The molecule has 0 amide bonds. The third-order valence-corrected chi connectivity index (χ3v) is 4.35. The Morgan fingerprint density at radius 2 is 1.94 bits per heavy atom. The Balaban J connectivity index is 2.07. The monoisotopic (exact) mass is 240 g/mol. The van der Waals surface area contributed by atoms with Gasteiger partial charge in [0.25, 0.3) is 5.95 Å². The minimum absolute atomic E-state index is 0.335. The molecule has 92 valence electrons. The van der Waals surface area contributed by atoms with Crippen LogP contribution in [0.3, 0.4) is 0 Å². The SMILES string of the molecule is C[C@H]1OC(O[Si](C)(C)C)=C[C@@H]2CCCC[C@H]21. The topological polar surface area (TPSA) is 18.5 Å². The zero-order valence-corrected chi connectivity index (χ0v) is 12.0. The van der Waals surface area contributed by atoms with Crippen LogP contribution in [0.15, 0.2) is 12.0 Å². The van der Waals surface area contributed by atoms with Crippen LogP contribution in [-0.2, 0) is 9.16 Å². The van der Waals surface area contributed by atoms with E-state index in [4.69, 9.17) is 9.16 Å². The van der Waals surface area contributed by atoms with Crippen molar-refractivity contribution in [1.29, 1.82) is 0 Å². The smallest absolute Gasteiger partial charge is 0.261 e. The van der Waals surface area contributed by atoms with E-state index in [-0.39, 0.29) is 0 Å². The van der Waals surface area contributed by atoms with Crippen LogP contribution in [0.2, 0.25) is 19.6 Å². The molecule has 3 heteroatoms. The summed E-state index contributed by atoms with van der Waals surface area (Å²) in [5.41, 5.74) is 0. The maximum absolute atomic E-state index is 5.98. The second kappa shape index (κ2) is 4.44. The molecule has 0 aromatic carbocycles. The lowest BCUT2D eigenvalue weighted by Gasteiger charge is -2.39. The summed E-state index contributed by atoms with van der Waals surface area (Å²) >= 11 is 0. The van der Waals surface area contributed by atoms with Gasteiger partial charge in [0.2, 0.25) is 8.32 Å². The maximum Gasteiger partial charge on any atom is 0.261 e. The van der Waals surface area contributed by atoms with Crippen LogP contribution >= 0.6 is 0 Å². The molecule has 1 heterocycles. The van der Waals surface area contributed by atoms with Crippen LogP contribution in [0.25, 0.3) is 0 Å². The van der Waals surface area contributed by atoms with E-state index in [0.29, 0.717) is 12.0 Å². The first-order valence-electron chi connectivity index (χ1n) is 6.53. The highest BCUT2D eigenvalue weighted by Gasteiger charge is 2.35. The summed E-state index contributed by atoms with van der Waals surface area (Å²) < 4.78 is 11.9. The van der Waals surface area contributed by atoms with Crippen molar-refractivity contribution in [3.8, 4) is 0 Å². The second-order valence-corrected chi connectivity index (χ2v) is 10.6. The lowest BCUT2D eigenvalue weighted by Crippen LogP contribution is -2.36. The van der Waals surface area contributed by atoms with E-state index in [9.17, 15) is 0 Å². The number of hydrogen-bond acceptors (Lipinski definition) is 2. The Hall–Kier alpha value is -0.443. The van der Waals surface area contributed by atoms with Crippen molar-refractivity contribution in [2.75, 3.05) is 0 Å². The van der Waals surface area contributed by atoms with Gasteiger partial charge in [-0.1, -0.05) is 12.8 Å². The largest absolute Gasteiger partial charge is 0.520 e. The van der Waals surface area contributed by atoms with Crippen molar-refractivity contribution in [3.05, 3.63) is 12.0 Å². The Morgan fingerprint density at radius 1 is 1.25 bits per heavy atom. The molecule has 0 saturated heterocycles. The van der Waals surface area contributed by atoms with Crippen molar-refractivity contribution >= 4 is 8.32 Å². The van der Waals surface area contributed by atoms with Gasteiger partial charge in [-0.05, 0) is 51.4 Å². The second-order valence-electron chi connectivity index (χ2n) is 6.14. The zero-order valence-electron chi connectivity index (χ0n) is 11.0. The Kier molecular flexibility index (Phi) is 3.33. The van der Waals surface area contributed by atoms with Gasteiger partial charge in [-0.3, -0.25) is 0 Å². The number of hydrogen-bond donors (Lipinski definition) is 0. The molecule has 2 aliphatic rings. The number of fused-ring (bicyclic) bond motifs is 1. The lowest BCUT2D eigenvalue weighted by atomic mass is 9.75. The highest BCUT2D eigenvalue weighted by Crippen LogP contribution is 2.39. The minimum Gasteiger partial charge on any atom is -0.520 e. The highest BCUT2D eigenvalue weighted by molar-refractivity contribution is 6.69. The van der Waals surface area contributed by atoms with Gasteiger partial charge in [-0.2, -0.15) is 0 Å². The van der Waals surface area contributed by atoms with E-state index >= 15 is 0 Å². The molecule has 0 spiro atoms. The molecule has 0 bridgehead atoms. The van der Waals surface area contributed by atoms with E-state index < -0.39 is 8.32 Å². The quantitative estimate of drug-likeness (QED) is 0.681. The van der Waals surface area contributed by atoms with E-state index in [1.54, 1.807) is 0 Å². The average Bonchev–Trinajstić information content (AvgIpc) is 2.15. The van der Waals surface area contributed by atoms with E-state index in [1.807, 2.05) is 0 Å². The first-order valence-corrected chi connectivity index (χ1v) is 9.94. The van der Waals surface area contributed by atoms with E-state index in [0.717, 1.165) is 11.9 Å². The molecule has 1 fully saturated rings. The summed E-state index contributed by atoms with van der Waals surface area (Å²) in [6.45, 7) is 8.81. The fourth-order valence-electron chi connectivity index (χ4n) is 2.82. The third kappa shape index (κ3) is 2.81. The molecule has 2 nitrogen and oxygen atoms in total. The molecule has 1 saturated carbocycles. The van der Waals surface area contributed by atoms with E-state index in [1.165, 1.54) is 25.7 Å². The molecular weight excluding hydrogens is 216 g/mol. The number of allylic oxidation sites excluding steroid dienone is 1. The van der Waals surface area contributed by atoms with Crippen LogP contribution in [0, 0.1) is 11.8 Å². The maximum atomic E-state index is 5.98. The minimum atomic E-state index is -1.52. The standard InChI is InChI=1S/C13H24O2Si/c1-10-12-8-6-5-7-11(12)9-13(14-10)15-16(2,3)4/h9-12H,5-8H2,1-4H3/t10-,11+,12+/m1/s1. The fourth-order valence-corrected chi connectivity index (χ4v) is 3.54. The molecule has 2 rings (SSSR count). The molecule has 0 unspecified atom stereocenters. The van der Waals surface area contributed by atoms with Crippen molar-refractivity contribution in [3.63, 3.8) is 0 Å². The summed E-state index contributed by atoms with van der Waals surface area (Å²) in [7, 11) is -1.52. The summed E-state index contributed by atoms with van der Waals surface area (Å²) in [5.74, 6) is 2.24. The predicted molar refractivity (Wildman–Crippen MR) is 68.5 cm³/mol.